The van der Waals surface area contributed by atoms with Crippen molar-refractivity contribution < 1.29 is 9.90 Å². The number of nitrogens with zero attached hydrogens (tertiary/aromatic N) is 3. The number of carbonyl (C=O) groups is 1. The normalized spacial score (nSPS) is 11.6. The molecule has 0 aromatic carbocycles. The Bertz CT molecular complexity index is 405. The van der Waals surface area contributed by atoms with Gasteiger partial charge in [0.15, 0.2) is 6.29 Å². The van der Waals surface area contributed by atoms with E-state index in [9.17, 15) is 9.90 Å². The van der Waals surface area contributed by atoms with Gasteiger partial charge >= 0.3 is 0 Å². The van der Waals surface area contributed by atoms with Crippen LogP contribution in [0.15, 0.2) is 0 Å². The maximum atomic E-state index is 11.1. The van der Waals surface area contributed by atoms with Crippen molar-refractivity contribution in [2.45, 2.75) is 33.3 Å². The van der Waals surface area contributed by atoms with E-state index in [-0.39, 0.29) is 0 Å². The highest BCUT2D eigenvalue weighted by atomic mass is 16.3. The fraction of sp³-hybridized carbons (Fsp3) is 0.667. The maximum absolute atomic E-state index is 11.1. The highest BCUT2D eigenvalue weighted by Crippen LogP contribution is 2.22. The molecule has 0 aliphatic carbocycles. The maximum Gasteiger partial charge on any atom is 0.155 e. The van der Waals surface area contributed by atoms with Crippen molar-refractivity contribution in [1.82, 2.24) is 9.78 Å². The van der Waals surface area contributed by atoms with Gasteiger partial charge in [-0.1, -0.05) is 0 Å². The minimum Gasteiger partial charge on any atom is -0.389 e. The van der Waals surface area contributed by atoms with Crippen molar-refractivity contribution in [1.29, 1.82) is 0 Å². The molecule has 0 saturated carbocycles. The molecule has 0 unspecified atom stereocenters. The number of hydrogen-bond acceptors (Lipinski definition) is 4. The molecule has 96 valence electrons. The zero-order chi connectivity index (χ0) is 13.2. The lowest BCUT2D eigenvalue weighted by atomic mass is 10.1. The Morgan fingerprint density at radius 3 is 2.53 bits per heavy atom. The summed E-state index contributed by atoms with van der Waals surface area (Å²) in [6.45, 7) is 8.47. The standard InChI is InChI=1S/C12H21N3O2/c1-6-15(8-12(3,4)17)11-10(7-16)9(2)13-14(11)5/h7,17H,6,8H2,1-5H3. The first kappa shape index (κ1) is 13.7. The van der Waals surface area contributed by atoms with Crippen LogP contribution in [0.4, 0.5) is 5.82 Å². The van der Waals surface area contributed by atoms with Gasteiger partial charge in [0, 0.05) is 20.1 Å². The van der Waals surface area contributed by atoms with E-state index in [2.05, 4.69) is 5.10 Å². The first-order chi connectivity index (χ1) is 7.80. The van der Waals surface area contributed by atoms with Gasteiger partial charge in [-0.3, -0.25) is 9.48 Å². The Morgan fingerprint density at radius 1 is 1.53 bits per heavy atom. The number of likely N-dealkylation sites (N-methyl/N-ethyl adjacent to an activating group) is 1. The number of aromatic nitrogens is 2. The number of aldehydes is 1. The van der Waals surface area contributed by atoms with Crippen molar-refractivity contribution in [2.75, 3.05) is 18.0 Å². The fourth-order valence-electron chi connectivity index (χ4n) is 1.98. The Morgan fingerprint density at radius 2 is 2.12 bits per heavy atom. The molecular weight excluding hydrogens is 218 g/mol. The first-order valence-corrected chi connectivity index (χ1v) is 5.76. The topological polar surface area (TPSA) is 58.4 Å². The van der Waals surface area contributed by atoms with E-state index in [0.29, 0.717) is 24.3 Å². The number of hydrogen-bond donors (Lipinski definition) is 1. The minimum atomic E-state index is -0.811. The lowest BCUT2D eigenvalue weighted by Crippen LogP contribution is -2.39. The molecule has 0 bridgehead atoms. The lowest BCUT2D eigenvalue weighted by molar-refractivity contribution is 0.0871. The van der Waals surface area contributed by atoms with Crippen molar-refractivity contribution in [3.63, 3.8) is 0 Å². The van der Waals surface area contributed by atoms with Gasteiger partial charge in [-0.25, -0.2) is 0 Å². The zero-order valence-corrected chi connectivity index (χ0v) is 11.2. The third-order valence-electron chi connectivity index (χ3n) is 2.61. The third-order valence-corrected chi connectivity index (χ3v) is 2.61. The summed E-state index contributed by atoms with van der Waals surface area (Å²) < 4.78 is 1.69. The van der Waals surface area contributed by atoms with Gasteiger partial charge < -0.3 is 10.0 Å². The molecule has 17 heavy (non-hydrogen) atoms. The molecule has 1 rings (SSSR count). The predicted molar refractivity (Wildman–Crippen MR) is 67.5 cm³/mol. The molecule has 0 aliphatic rings. The second kappa shape index (κ2) is 4.87. The van der Waals surface area contributed by atoms with E-state index in [1.54, 1.807) is 18.5 Å². The molecule has 0 saturated heterocycles. The number of carbonyl (C=O) groups excluding carboxylic acids is 1. The van der Waals surface area contributed by atoms with Gasteiger partial charge in [0.1, 0.15) is 5.82 Å². The van der Waals surface area contributed by atoms with Crippen molar-refractivity contribution in [3.8, 4) is 0 Å². The van der Waals surface area contributed by atoms with E-state index in [0.717, 1.165) is 12.1 Å². The lowest BCUT2D eigenvalue weighted by Gasteiger charge is -2.30. The first-order valence-electron chi connectivity index (χ1n) is 5.76. The van der Waals surface area contributed by atoms with Gasteiger partial charge in [-0.2, -0.15) is 5.10 Å². The third kappa shape index (κ3) is 3.06. The molecule has 1 aromatic heterocycles. The molecule has 1 N–H and O–H groups in total. The predicted octanol–water partition coefficient (Wildman–Crippen LogP) is 1.14. The summed E-state index contributed by atoms with van der Waals surface area (Å²) in [4.78, 5) is 13.1. The van der Waals surface area contributed by atoms with Crippen LogP contribution in [-0.2, 0) is 7.05 Å². The summed E-state index contributed by atoms with van der Waals surface area (Å²) in [6.07, 6.45) is 0.824. The van der Waals surface area contributed by atoms with Gasteiger partial charge in [-0.05, 0) is 27.7 Å². The molecule has 0 aliphatic heterocycles. The Labute approximate surface area is 102 Å². The second-order valence-corrected chi connectivity index (χ2v) is 4.89. The van der Waals surface area contributed by atoms with Crippen LogP contribution in [0.25, 0.3) is 0 Å². The SMILES string of the molecule is CCN(CC(C)(C)O)c1c(C=O)c(C)nn1C. The van der Waals surface area contributed by atoms with Crippen LogP contribution >= 0.6 is 0 Å². The van der Waals surface area contributed by atoms with E-state index in [4.69, 9.17) is 0 Å². The molecule has 0 amide bonds. The second-order valence-electron chi connectivity index (χ2n) is 4.89. The number of aryl methyl sites for hydroxylation is 2. The number of anilines is 1. The summed E-state index contributed by atoms with van der Waals surface area (Å²) >= 11 is 0. The summed E-state index contributed by atoms with van der Waals surface area (Å²) in [5, 5.41) is 14.1. The molecule has 5 heteroatoms. The van der Waals surface area contributed by atoms with E-state index < -0.39 is 5.60 Å². The summed E-state index contributed by atoms with van der Waals surface area (Å²) in [6, 6.07) is 0. The van der Waals surface area contributed by atoms with E-state index in [1.165, 1.54) is 0 Å². The number of rotatable bonds is 5. The van der Waals surface area contributed by atoms with Gasteiger partial charge in [0.2, 0.25) is 0 Å². The Hall–Kier alpha value is -1.36. The van der Waals surface area contributed by atoms with Crippen LogP contribution in [0, 0.1) is 6.92 Å². The van der Waals surface area contributed by atoms with Crippen molar-refractivity contribution in [3.05, 3.63) is 11.3 Å². The Kier molecular flexibility index (Phi) is 3.93. The average molecular weight is 239 g/mol. The van der Waals surface area contributed by atoms with Gasteiger partial charge in [0.25, 0.3) is 0 Å². The molecular formula is C12H21N3O2. The van der Waals surface area contributed by atoms with Crippen LogP contribution in [-0.4, -0.2) is 39.9 Å². The monoisotopic (exact) mass is 239 g/mol. The van der Waals surface area contributed by atoms with E-state index in [1.807, 2.05) is 25.8 Å². The largest absolute Gasteiger partial charge is 0.389 e. The molecule has 0 spiro atoms. The van der Waals surface area contributed by atoms with Crippen LogP contribution in [0.3, 0.4) is 0 Å². The molecule has 5 nitrogen and oxygen atoms in total. The van der Waals surface area contributed by atoms with Gasteiger partial charge in [-0.15, -0.1) is 0 Å². The number of aliphatic hydroxyl groups is 1. The molecule has 1 aromatic rings. The Balaban J connectivity index is 3.15. The van der Waals surface area contributed by atoms with Gasteiger partial charge in [0.05, 0.1) is 16.9 Å². The van der Waals surface area contributed by atoms with Crippen molar-refractivity contribution >= 4 is 12.1 Å². The quantitative estimate of drug-likeness (QED) is 0.783. The van der Waals surface area contributed by atoms with Crippen LogP contribution < -0.4 is 4.90 Å². The highest BCUT2D eigenvalue weighted by Gasteiger charge is 2.23. The minimum absolute atomic E-state index is 0.462. The smallest absolute Gasteiger partial charge is 0.155 e. The van der Waals surface area contributed by atoms with E-state index >= 15 is 0 Å². The molecule has 0 atom stereocenters. The summed E-state index contributed by atoms with van der Waals surface area (Å²) in [7, 11) is 1.81. The summed E-state index contributed by atoms with van der Waals surface area (Å²) in [5.41, 5.74) is 0.499. The molecule has 1 heterocycles. The molecule has 0 fully saturated rings. The molecule has 0 radical (unpaired) electrons. The van der Waals surface area contributed by atoms with Crippen LogP contribution in [0.1, 0.15) is 36.8 Å². The van der Waals surface area contributed by atoms with Crippen molar-refractivity contribution in [2.24, 2.45) is 7.05 Å². The van der Waals surface area contributed by atoms with Crippen LogP contribution in [0.2, 0.25) is 0 Å². The fourth-order valence-corrected chi connectivity index (χ4v) is 1.98. The highest BCUT2D eigenvalue weighted by molar-refractivity contribution is 5.84. The summed E-state index contributed by atoms with van der Waals surface area (Å²) in [5.74, 6) is 0.766. The average Bonchev–Trinajstić information content (AvgIpc) is 2.48. The zero-order valence-electron chi connectivity index (χ0n) is 11.2. The van der Waals surface area contributed by atoms with Crippen LogP contribution in [0.5, 0.6) is 0 Å².